The number of hydrogen-bond donors (Lipinski definition) is 1. The van der Waals surface area contributed by atoms with E-state index in [4.69, 9.17) is 9.73 Å². The largest absolute Gasteiger partial charge is 0.466 e. The lowest BCUT2D eigenvalue weighted by molar-refractivity contribution is -0.149. The van der Waals surface area contributed by atoms with Gasteiger partial charge in [0.2, 0.25) is 0 Å². The number of hydrogen-bond acceptors (Lipinski definition) is 4. The summed E-state index contributed by atoms with van der Waals surface area (Å²) in [6.07, 6.45) is 3.71. The minimum absolute atomic E-state index is 0.0710. The predicted octanol–water partition coefficient (Wildman–Crippen LogP) is 2.29. The molecule has 27 heavy (non-hydrogen) atoms. The van der Waals surface area contributed by atoms with Crippen molar-refractivity contribution in [1.82, 2.24) is 20.0 Å². The molecule has 1 aromatic rings. The lowest BCUT2D eigenvalue weighted by atomic mass is 9.98. The van der Waals surface area contributed by atoms with Crippen LogP contribution in [-0.4, -0.2) is 52.9 Å². The van der Waals surface area contributed by atoms with Crippen LogP contribution in [0.4, 0.5) is 0 Å². The number of nitrogens with one attached hydrogen (secondary N) is 1. The Balaban J connectivity index is 2.18. The van der Waals surface area contributed by atoms with Crippen LogP contribution in [0.2, 0.25) is 0 Å². The molecule has 0 spiro atoms. The van der Waals surface area contributed by atoms with E-state index in [-0.39, 0.29) is 11.9 Å². The van der Waals surface area contributed by atoms with Crippen LogP contribution in [0.15, 0.2) is 4.99 Å². The summed E-state index contributed by atoms with van der Waals surface area (Å²) in [5, 5.41) is 8.04. The number of nitrogens with zero attached hydrogens (tertiary/aromatic N) is 4. The van der Waals surface area contributed by atoms with Crippen LogP contribution >= 0.6 is 0 Å². The van der Waals surface area contributed by atoms with E-state index in [1.165, 1.54) is 11.3 Å². The van der Waals surface area contributed by atoms with Gasteiger partial charge in [0, 0.05) is 37.9 Å². The van der Waals surface area contributed by atoms with Gasteiger partial charge < -0.3 is 15.0 Å². The zero-order valence-electron chi connectivity index (χ0n) is 17.5. The number of carbonyl (C=O) groups is 1. The molecule has 0 bridgehead atoms. The molecular weight excluding hydrogens is 342 g/mol. The van der Waals surface area contributed by atoms with E-state index in [0.717, 1.165) is 50.4 Å². The number of guanidine groups is 1. The predicted molar refractivity (Wildman–Crippen MR) is 108 cm³/mol. The number of aromatic nitrogens is 2. The molecule has 1 aliphatic heterocycles. The zero-order valence-corrected chi connectivity index (χ0v) is 17.5. The number of likely N-dealkylation sites (tertiary alicyclic amines) is 1. The second kappa shape index (κ2) is 10.3. The Morgan fingerprint density at radius 3 is 2.70 bits per heavy atom. The SMILES string of the molecule is CCNC(=NCc1c(CC)nn(C)c1CC)N1CCCC(C(=O)OCC)C1. The molecular formula is C20H35N5O2. The third-order valence-electron chi connectivity index (χ3n) is 5.09. The molecule has 2 rings (SSSR count). The van der Waals surface area contributed by atoms with Gasteiger partial charge in [-0.1, -0.05) is 13.8 Å². The Morgan fingerprint density at radius 2 is 2.07 bits per heavy atom. The van der Waals surface area contributed by atoms with Crippen molar-refractivity contribution in [2.45, 2.75) is 59.9 Å². The van der Waals surface area contributed by atoms with Crippen LogP contribution in [0.5, 0.6) is 0 Å². The van der Waals surface area contributed by atoms with Crippen LogP contribution < -0.4 is 5.32 Å². The van der Waals surface area contributed by atoms with E-state index < -0.39 is 0 Å². The Kier molecular flexibility index (Phi) is 8.13. The average molecular weight is 378 g/mol. The highest BCUT2D eigenvalue weighted by atomic mass is 16.5. The van der Waals surface area contributed by atoms with Crippen molar-refractivity contribution >= 4 is 11.9 Å². The summed E-state index contributed by atoms with van der Waals surface area (Å²) in [4.78, 5) is 19.3. The fourth-order valence-electron chi connectivity index (χ4n) is 3.77. The van der Waals surface area contributed by atoms with Gasteiger partial charge >= 0.3 is 5.97 Å². The molecule has 1 N–H and O–H groups in total. The highest BCUT2D eigenvalue weighted by Gasteiger charge is 2.28. The molecule has 7 heteroatoms. The van der Waals surface area contributed by atoms with E-state index in [1.54, 1.807) is 0 Å². The standard InChI is InChI=1S/C20H35N5O2/c1-6-17-16(18(7-2)24(5)23-17)13-22-20(21-8-3)25-12-10-11-15(14-25)19(26)27-9-4/h15H,6-14H2,1-5H3,(H,21,22). The minimum atomic E-state index is -0.0909. The molecule has 2 heterocycles. The summed E-state index contributed by atoms with van der Waals surface area (Å²) in [5.74, 6) is 0.713. The smallest absolute Gasteiger partial charge is 0.310 e. The van der Waals surface area contributed by atoms with Gasteiger partial charge in [-0.3, -0.25) is 9.48 Å². The second-order valence-electron chi connectivity index (χ2n) is 6.91. The topological polar surface area (TPSA) is 71.8 Å². The summed E-state index contributed by atoms with van der Waals surface area (Å²) < 4.78 is 7.21. The molecule has 1 aromatic heterocycles. The number of aliphatic imine (C=N–C) groups is 1. The van der Waals surface area contributed by atoms with Crippen LogP contribution in [0, 0.1) is 5.92 Å². The summed E-state index contributed by atoms with van der Waals surface area (Å²) in [7, 11) is 2.00. The van der Waals surface area contributed by atoms with Gasteiger partial charge in [-0.15, -0.1) is 0 Å². The lowest BCUT2D eigenvalue weighted by Gasteiger charge is -2.34. The number of ether oxygens (including phenoxy) is 1. The summed E-state index contributed by atoms with van der Waals surface area (Å²) in [6.45, 7) is 11.6. The van der Waals surface area contributed by atoms with Crippen molar-refractivity contribution in [2.75, 3.05) is 26.2 Å². The van der Waals surface area contributed by atoms with Gasteiger partial charge in [0.1, 0.15) is 0 Å². The highest BCUT2D eigenvalue weighted by molar-refractivity contribution is 5.81. The lowest BCUT2D eigenvalue weighted by Crippen LogP contribution is -2.48. The third-order valence-corrected chi connectivity index (χ3v) is 5.09. The molecule has 0 radical (unpaired) electrons. The molecule has 1 unspecified atom stereocenters. The minimum Gasteiger partial charge on any atom is -0.466 e. The summed E-state index contributed by atoms with van der Waals surface area (Å²) >= 11 is 0. The number of rotatable bonds is 7. The van der Waals surface area contributed by atoms with Crippen molar-refractivity contribution in [3.63, 3.8) is 0 Å². The van der Waals surface area contributed by atoms with E-state index in [2.05, 4.69) is 36.1 Å². The van der Waals surface area contributed by atoms with Gasteiger partial charge in [0.25, 0.3) is 0 Å². The summed E-state index contributed by atoms with van der Waals surface area (Å²) in [6, 6.07) is 0. The number of carbonyl (C=O) groups excluding carboxylic acids is 1. The Hall–Kier alpha value is -2.05. The highest BCUT2D eigenvalue weighted by Crippen LogP contribution is 2.20. The van der Waals surface area contributed by atoms with Crippen LogP contribution in [0.3, 0.4) is 0 Å². The van der Waals surface area contributed by atoms with Gasteiger partial charge in [-0.2, -0.15) is 5.10 Å². The van der Waals surface area contributed by atoms with E-state index in [0.29, 0.717) is 19.7 Å². The van der Waals surface area contributed by atoms with E-state index >= 15 is 0 Å². The fourth-order valence-corrected chi connectivity index (χ4v) is 3.77. The van der Waals surface area contributed by atoms with Crippen LogP contribution in [0.1, 0.15) is 57.5 Å². The van der Waals surface area contributed by atoms with E-state index in [1.807, 2.05) is 18.7 Å². The Morgan fingerprint density at radius 1 is 1.30 bits per heavy atom. The number of aryl methyl sites for hydroxylation is 2. The van der Waals surface area contributed by atoms with Crippen molar-refractivity contribution < 1.29 is 9.53 Å². The van der Waals surface area contributed by atoms with Gasteiger partial charge in [-0.25, -0.2) is 4.99 Å². The fraction of sp³-hybridized carbons (Fsp3) is 0.750. The normalized spacial score (nSPS) is 17.9. The molecule has 1 aliphatic rings. The maximum Gasteiger partial charge on any atom is 0.310 e. The molecule has 1 saturated heterocycles. The first kappa shape index (κ1) is 21.3. The molecule has 152 valence electrons. The first-order valence-corrected chi connectivity index (χ1v) is 10.3. The molecule has 0 saturated carbocycles. The average Bonchev–Trinajstić information content (AvgIpc) is 2.99. The second-order valence-corrected chi connectivity index (χ2v) is 6.91. The van der Waals surface area contributed by atoms with Crippen LogP contribution in [-0.2, 0) is 36.0 Å². The first-order valence-electron chi connectivity index (χ1n) is 10.3. The molecule has 1 atom stereocenters. The number of piperidine rings is 1. The van der Waals surface area contributed by atoms with Crippen molar-refractivity contribution in [2.24, 2.45) is 18.0 Å². The Labute approximate surface area is 163 Å². The molecule has 7 nitrogen and oxygen atoms in total. The summed E-state index contributed by atoms with van der Waals surface area (Å²) in [5.41, 5.74) is 3.60. The molecule has 1 fully saturated rings. The van der Waals surface area contributed by atoms with Gasteiger partial charge in [0.15, 0.2) is 5.96 Å². The van der Waals surface area contributed by atoms with Crippen molar-refractivity contribution in [3.8, 4) is 0 Å². The Bertz CT molecular complexity index is 653. The zero-order chi connectivity index (χ0) is 19.8. The third kappa shape index (κ3) is 5.23. The molecule has 0 aliphatic carbocycles. The molecule has 0 aromatic carbocycles. The quantitative estimate of drug-likeness (QED) is 0.448. The van der Waals surface area contributed by atoms with E-state index in [9.17, 15) is 4.79 Å². The van der Waals surface area contributed by atoms with Crippen LogP contribution in [0.25, 0.3) is 0 Å². The van der Waals surface area contributed by atoms with Crippen molar-refractivity contribution in [1.29, 1.82) is 0 Å². The first-order chi connectivity index (χ1) is 13.0. The maximum atomic E-state index is 12.2. The van der Waals surface area contributed by atoms with Gasteiger partial charge in [-0.05, 0) is 39.5 Å². The monoisotopic (exact) mass is 377 g/mol. The number of esters is 1. The molecule has 0 amide bonds. The van der Waals surface area contributed by atoms with Crippen molar-refractivity contribution in [3.05, 3.63) is 17.0 Å². The van der Waals surface area contributed by atoms with Gasteiger partial charge in [0.05, 0.1) is 24.8 Å². The maximum absolute atomic E-state index is 12.2.